The van der Waals surface area contributed by atoms with Crippen molar-refractivity contribution in [2.24, 2.45) is 0 Å². The van der Waals surface area contributed by atoms with Gasteiger partial charge in [0.1, 0.15) is 23.8 Å². The van der Waals surface area contributed by atoms with E-state index in [1.807, 2.05) is 64.6 Å². The van der Waals surface area contributed by atoms with Gasteiger partial charge in [0, 0.05) is 78.3 Å². The first-order chi connectivity index (χ1) is 21.1. The van der Waals surface area contributed by atoms with E-state index in [0.717, 1.165) is 64.7 Å². The summed E-state index contributed by atoms with van der Waals surface area (Å²) in [5.41, 5.74) is 5.07. The Morgan fingerprint density at radius 1 is 0.930 bits per heavy atom. The minimum absolute atomic E-state index is 0.121. The summed E-state index contributed by atoms with van der Waals surface area (Å²) in [5.74, 6) is -0.524. The lowest BCUT2D eigenvalue weighted by atomic mass is 9.96. The number of carbonyl (C=O) groups excluding carboxylic acids is 1. The summed E-state index contributed by atoms with van der Waals surface area (Å²) in [6, 6.07) is 17.9. The Morgan fingerprint density at radius 2 is 1.81 bits per heavy atom. The third-order valence-electron chi connectivity index (χ3n) is 8.73. The second-order valence-corrected chi connectivity index (χ2v) is 11.2. The van der Waals surface area contributed by atoms with Crippen LogP contribution in [0.15, 0.2) is 85.7 Å². The minimum atomic E-state index is -0.403. The molecule has 1 radical (unpaired) electrons. The standard InChI is InChI=1S/C33H28FN8O/c34-29-15-21(6-7-26(29)25-3-1-5-30-27(25)4-2-11-35-30)33(43)40-13-9-23(10-14-40)41-18-24(19-41)42-17-22(16-39-42)31-28-8-12-36-32(28)38-20-37-31/h1-8,11-12,15-17,20,23H,9-10,13-14,18-19H2,(H,36,37,38). The number of amides is 1. The molecule has 1 N–H and O–H groups in total. The number of fused-ring (bicyclic) bond motifs is 2. The first-order valence-corrected chi connectivity index (χ1v) is 14.5. The summed E-state index contributed by atoms with van der Waals surface area (Å²) < 4.78 is 17.3. The minimum Gasteiger partial charge on any atom is -0.346 e. The van der Waals surface area contributed by atoms with Crippen LogP contribution in [0.1, 0.15) is 23.2 Å². The molecule has 0 unspecified atom stereocenters. The molecule has 9 nitrogen and oxygen atoms in total. The molecule has 1 amide bonds. The summed E-state index contributed by atoms with van der Waals surface area (Å²) in [6.45, 7) is 3.00. The van der Waals surface area contributed by atoms with E-state index in [0.29, 0.717) is 30.3 Å². The summed E-state index contributed by atoms with van der Waals surface area (Å²) in [6.07, 6.45) is 10.8. The molecule has 213 valence electrons. The summed E-state index contributed by atoms with van der Waals surface area (Å²) in [5, 5.41) is 6.46. The Bertz CT molecular complexity index is 1960. The third kappa shape index (κ3) is 4.54. The summed E-state index contributed by atoms with van der Waals surface area (Å²) in [7, 11) is 0. The highest BCUT2D eigenvalue weighted by Crippen LogP contribution is 2.32. The Balaban J connectivity index is 0.885. The van der Waals surface area contributed by atoms with E-state index in [1.54, 1.807) is 24.7 Å². The van der Waals surface area contributed by atoms with Crippen LogP contribution in [0.4, 0.5) is 4.39 Å². The molecular weight excluding hydrogens is 543 g/mol. The Hall–Kier alpha value is -4.96. The fourth-order valence-corrected chi connectivity index (χ4v) is 6.37. The van der Waals surface area contributed by atoms with Crippen LogP contribution in [0.5, 0.6) is 0 Å². The van der Waals surface area contributed by atoms with Crippen molar-refractivity contribution in [1.82, 2.24) is 39.5 Å². The number of hydrogen-bond donors (Lipinski definition) is 1. The lowest BCUT2D eigenvalue weighted by molar-refractivity contribution is 0.0514. The van der Waals surface area contributed by atoms with Gasteiger partial charge in [-0.05, 0) is 48.7 Å². The quantitative estimate of drug-likeness (QED) is 0.307. The van der Waals surface area contributed by atoms with Gasteiger partial charge < -0.3 is 9.88 Å². The molecule has 6 heterocycles. The number of hydrogen-bond acceptors (Lipinski definition) is 6. The van der Waals surface area contributed by atoms with Crippen LogP contribution in [-0.2, 0) is 0 Å². The topological polar surface area (TPSA) is 95.8 Å². The molecule has 6 aromatic rings. The number of rotatable bonds is 5. The first kappa shape index (κ1) is 25.7. The molecule has 10 heteroatoms. The second-order valence-electron chi connectivity index (χ2n) is 11.2. The molecule has 0 bridgehead atoms. The van der Waals surface area contributed by atoms with Crippen molar-refractivity contribution >= 4 is 27.8 Å². The molecule has 0 spiro atoms. The van der Waals surface area contributed by atoms with Crippen LogP contribution in [0, 0.1) is 11.9 Å². The van der Waals surface area contributed by atoms with Crippen molar-refractivity contribution < 1.29 is 9.18 Å². The van der Waals surface area contributed by atoms with Crippen LogP contribution in [0.25, 0.3) is 44.3 Å². The number of nitrogens with zero attached hydrogens (tertiary/aromatic N) is 7. The number of H-pyrrole nitrogens is 1. The zero-order chi connectivity index (χ0) is 28.9. The average Bonchev–Trinajstić information content (AvgIpc) is 3.71. The molecule has 2 saturated heterocycles. The average molecular weight is 572 g/mol. The van der Waals surface area contributed by atoms with E-state index in [2.05, 4.69) is 29.9 Å². The Labute approximate surface area is 247 Å². The molecular formula is C33H28FN8O. The Kier molecular flexibility index (Phi) is 6.22. The van der Waals surface area contributed by atoms with Gasteiger partial charge in [0.05, 0.1) is 17.4 Å². The van der Waals surface area contributed by atoms with Gasteiger partial charge in [0.15, 0.2) is 0 Å². The van der Waals surface area contributed by atoms with Gasteiger partial charge >= 0.3 is 0 Å². The zero-order valence-corrected chi connectivity index (χ0v) is 23.3. The monoisotopic (exact) mass is 571 g/mol. The number of benzene rings is 2. The highest BCUT2D eigenvalue weighted by Gasteiger charge is 2.37. The van der Waals surface area contributed by atoms with Crippen molar-refractivity contribution in [2.45, 2.75) is 18.9 Å². The highest BCUT2D eigenvalue weighted by molar-refractivity contribution is 5.97. The fraction of sp³-hybridized carbons (Fsp3) is 0.212. The molecule has 0 atom stereocenters. The zero-order valence-electron chi connectivity index (χ0n) is 23.3. The molecule has 43 heavy (non-hydrogen) atoms. The maximum atomic E-state index is 15.3. The number of aromatic nitrogens is 6. The van der Waals surface area contributed by atoms with E-state index in [9.17, 15) is 4.79 Å². The maximum absolute atomic E-state index is 15.3. The van der Waals surface area contributed by atoms with E-state index in [1.165, 1.54) is 12.1 Å². The number of pyridine rings is 1. The maximum Gasteiger partial charge on any atom is 0.253 e. The van der Waals surface area contributed by atoms with Crippen LogP contribution in [0.2, 0.25) is 0 Å². The normalized spacial score (nSPS) is 16.6. The van der Waals surface area contributed by atoms with Crippen LogP contribution in [0.3, 0.4) is 0 Å². The van der Waals surface area contributed by atoms with Crippen molar-refractivity contribution in [3.63, 3.8) is 0 Å². The lowest BCUT2D eigenvalue weighted by Crippen LogP contribution is -2.56. The van der Waals surface area contributed by atoms with Gasteiger partial charge in [0.25, 0.3) is 5.91 Å². The smallest absolute Gasteiger partial charge is 0.253 e. The number of aromatic amines is 1. The van der Waals surface area contributed by atoms with Crippen LogP contribution in [-0.4, -0.2) is 77.6 Å². The van der Waals surface area contributed by atoms with Crippen molar-refractivity contribution in [2.75, 3.05) is 26.2 Å². The van der Waals surface area contributed by atoms with Gasteiger partial charge in [-0.15, -0.1) is 0 Å². The largest absolute Gasteiger partial charge is 0.346 e. The number of nitrogens with one attached hydrogen (secondary N) is 1. The predicted octanol–water partition coefficient (Wildman–Crippen LogP) is 5.18. The van der Waals surface area contributed by atoms with Crippen molar-refractivity contribution in [1.29, 1.82) is 0 Å². The number of halogens is 1. The lowest BCUT2D eigenvalue weighted by Gasteiger charge is -2.46. The van der Waals surface area contributed by atoms with E-state index < -0.39 is 5.82 Å². The molecule has 2 aliphatic rings. The van der Waals surface area contributed by atoms with Gasteiger partial charge in [0.2, 0.25) is 0 Å². The summed E-state index contributed by atoms with van der Waals surface area (Å²) >= 11 is 0. The molecule has 2 aromatic carbocycles. The molecule has 0 saturated carbocycles. The van der Waals surface area contributed by atoms with Gasteiger partial charge in [-0.1, -0.05) is 24.3 Å². The number of carbonyl (C=O) groups is 1. The predicted molar refractivity (Wildman–Crippen MR) is 161 cm³/mol. The van der Waals surface area contributed by atoms with Gasteiger partial charge in [-0.2, -0.15) is 5.10 Å². The SMILES string of the molecule is O=C(c1ccc(-c2cccc3ncccc23)c(F)c1)N1CCC(N2C[C](n3cc(-c4ncnc5[nH]ccc45)cn3)C2)CC1. The number of likely N-dealkylation sites (tertiary alicyclic amines) is 2. The second kappa shape index (κ2) is 10.4. The Morgan fingerprint density at radius 3 is 2.67 bits per heavy atom. The molecule has 2 aliphatic heterocycles. The molecule has 8 rings (SSSR count). The summed E-state index contributed by atoms with van der Waals surface area (Å²) in [4.78, 5) is 33.8. The number of piperidine rings is 1. The van der Waals surface area contributed by atoms with E-state index in [4.69, 9.17) is 0 Å². The van der Waals surface area contributed by atoms with Crippen molar-refractivity contribution in [3.05, 3.63) is 103 Å². The molecule has 0 aliphatic carbocycles. The molecule has 2 fully saturated rings. The molecule has 4 aromatic heterocycles. The fourth-order valence-electron chi connectivity index (χ4n) is 6.37. The third-order valence-corrected chi connectivity index (χ3v) is 8.73. The van der Waals surface area contributed by atoms with Crippen LogP contribution >= 0.6 is 0 Å². The van der Waals surface area contributed by atoms with Crippen LogP contribution < -0.4 is 0 Å². The first-order valence-electron chi connectivity index (χ1n) is 14.5. The van der Waals surface area contributed by atoms with E-state index >= 15 is 4.39 Å². The van der Waals surface area contributed by atoms with E-state index in [-0.39, 0.29) is 5.91 Å². The highest BCUT2D eigenvalue weighted by atomic mass is 19.1. The van der Waals surface area contributed by atoms with Gasteiger partial charge in [-0.3, -0.25) is 19.4 Å². The van der Waals surface area contributed by atoms with Gasteiger partial charge in [-0.25, -0.2) is 14.4 Å². The van der Waals surface area contributed by atoms with Crippen molar-refractivity contribution in [3.8, 4) is 22.4 Å².